The van der Waals surface area contributed by atoms with E-state index in [1.807, 2.05) is 12.1 Å². The largest absolute Gasteiger partial charge is 0.423 e. The summed E-state index contributed by atoms with van der Waals surface area (Å²) in [5, 5.41) is 0. The smallest absolute Gasteiger partial charge is 0.343 e. The lowest BCUT2D eigenvalue weighted by molar-refractivity contribution is 0.0734. The number of aliphatic imine (C=N–C) groups is 1. The summed E-state index contributed by atoms with van der Waals surface area (Å²) in [6.45, 7) is 5.55. The third kappa shape index (κ3) is 5.75. The van der Waals surface area contributed by atoms with Crippen LogP contribution in [0.2, 0.25) is 0 Å². The molecule has 0 heterocycles. The minimum Gasteiger partial charge on any atom is -0.423 e. The lowest BCUT2D eigenvalue weighted by Gasteiger charge is -2.29. The molecule has 0 saturated heterocycles. The second kappa shape index (κ2) is 10.3. The van der Waals surface area contributed by atoms with Crippen molar-refractivity contribution in [1.29, 1.82) is 0 Å². The zero-order valence-corrected chi connectivity index (χ0v) is 17.2. The van der Waals surface area contributed by atoms with Gasteiger partial charge in [-0.2, -0.15) is 0 Å². The lowest BCUT2D eigenvalue weighted by atomic mass is 9.77. The Hall–Kier alpha value is -2.49. The van der Waals surface area contributed by atoms with Crippen LogP contribution in [0.25, 0.3) is 0 Å². The van der Waals surface area contributed by atoms with Crippen LogP contribution in [0, 0.1) is 11.7 Å². The molecule has 1 fully saturated rings. The zero-order valence-electron chi connectivity index (χ0n) is 17.2. The van der Waals surface area contributed by atoms with Gasteiger partial charge in [-0.25, -0.2) is 9.18 Å². The number of rotatable bonds is 8. The summed E-state index contributed by atoms with van der Waals surface area (Å²) in [6.07, 6.45) is 10.4. The van der Waals surface area contributed by atoms with E-state index in [0.717, 1.165) is 12.0 Å². The molecule has 0 aromatic heterocycles. The van der Waals surface area contributed by atoms with Crippen molar-refractivity contribution < 1.29 is 13.9 Å². The molecule has 3 rings (SSSR count). The van der Waals surface area contributed by atoms with Crippen molar-refractivity contribution in [1.82, 2.24) is 0 Å². The standard InChI is InChI=1S/C25H30FNO2/c1-3-4-5-6-18-7-9-19(10-8-18)20-11-13-21(14-12-20)25(28)29-22-15-16-24(27-2)23(26)17-22/h11-19H,2-10H2,1H3. The number of hydrogen-bond acceptors (Lipinski definition) is 3. The normalized spacial score (nSPS) is 19.0. The topological polar surface area (TPSA) is 38.7 Å². The summed E-state index contributed by atoms with van der Waals surface area (Å²) in [4.78, 5) is 15.9. The van der Waals surface area contributed by atoms with Gasteiger partial charge in [0.2, 0.25) is 0 Å². The van der Waals surface area contributed by atoms with Gasteiger partial charge in [-0.05, 0) is 74.1 Å². The quantitative estimate of drug-likeness (QED) is 0.205. The lowest BCUT2D eigenvalue weighted by Crippen LogP contribution is -2.14. The third-order valence-electron chi connectivity index (χ3n) is 5.98. The van der Waals surface area contributed by atoms with Gasteiger partial charge >= 0.3 is 5.97 Å². The van der Waals surface area contributed by atoms with Crippen LogP contribution in [-0.4, -0.2) is 12.7 Å². The van der Waals surface area contributed by atoms with Gasteiger partial charge in [0.1, 0.15) is 5.75 Å². The molecule has 0 spiro atoms. The predicted octanol–water partition coefficient (Wildman–Crippen LogP) is 7.23. The van der Waals surface area contributed by atoms with Crippen molar-refractivity contribution in [3.63, 3.8) is 0 Å². The molecule has 154 valence electrons. The second-order valence-electron chi connectivity index (χ2n) is 8.00. The van der Waals surface area contributed by atoms with E-state index >= 15 is 0 Å². The summed E-state index contributed by atoms with van der Waals surface area (Å²) >= 11 is 0. The highest BCUT2D eigenvalue weighted by Gasteiger charge is 2.22. The summed E-state index contributed by atoms with van der Waals surface area (Å²) in [6, 6.07) is 11.8. The van der Waals surface area contributed by atoms with Crippen molar-refractivity contribution >= 4 is 18.4 Å². The average molecular weight is 396 g/mol. The molecule has 2 aromatic carbocycles. The molecule has 3 nitrogen and oxygen atoms in total. The van der Waals surface area contributed by atoms with Crippen LogP contribution in [0.15, 0.2) is 47.5 Å². The van der Waals surface area contributed by atoms with Gasteiger partial charge < -0.3 is 4.74 Å². The maximum atomic E-state index is 13.8. The van der Waals surface area contributed by atoms with Crippen LogP contribution < -0.4 is 4.74 Å². The Kier molecular flexibility index (Phi) is 7.56. The predicted molar refractivity (Wildman–Crippen MR) is 116 cm³/mol. The number of benzene rings is 2. The van der Waals surface area contributed by atoms with Crippen LogP contribution in [0.3, 0.4) is 0 Å². The van der Waals surface area contributed by atoms with E-state index in [4.69, 9.17) is 4.74 Å². The summed E-state index contributed by atoms with van der Waals surface area (Å²) in [7, 11) is 0. The molecule has 0 N–H and O–H groups in total. The Morgan fingerprint density at radius 1 is 1.10 bits per heavy atom. The molecule has 0 atom stereocenters. The minimum atomic E-state index is -0.564. The fraction of sp³-hybridized carbons (Fsp3) is 0.440. The van der Waals surface area contributed by atoms with E-state index in [0.29, 0.717) is 11.5 Å². The second-order valence-corrected chi connectivity index (χ2v) is 8.00. The number of carbonyl (C=O) groups is 1. The van der Waals surface area contributed by atoms with Crippen LogP contribution in [0.1, 0.15) is 80.1 Å². The summed E-state index contributed by atoms with van der Waals surface area (Å²) < 4.78 is 19.0. The monoisotopic (exact) mass is 395 g/mol. The molecule has 4 heteroatoms. The number of nitrogens with zero attached hydrogens (tertiary/aromatic N) is 1. The minimum absolute atomic E-state index is 0.134. The van der Waals surface area contributed by atoms with Crippen LogP contribution in [-0.2, 0) is 0 Å². The molecular formula is C25H30FNO2. The molecular weight excluding hydrogens is 365 g/mol. The van der Waals surface area contributed by atoms with Gasteiger partial charge in [0.05, 0.1) is 11.3 Å². The highest BCUT2D eigenvalue weighted by molar-refractivity contribution is 5.91. The first kappa shape index (κ1) is 21.2. The maximum absolute atomic E-state index is 13.8. The van der Waals surface area contributed by atoms with Crippen molar-refractivity contribution in [2.45, 2.75) is 64.2 Å². The van der Waals surface area contributed by atoms with Crippen molar-refractivity contribution in [2.75, 3.05) is 0 Å². The van der Waals surface area contributed by atoms with E-state index in [1.54, 1.807) is 12.1 Å². The SMILES string of the molecule is C=Nc1ccc(OC(=O)c2ccc(C3CCC(CCCCC)CC3)cc2)cc1F. The van der Waals surface area contributed by atoms with Gasteiger partial charge in [0.15, 0.2) is 5.82 Å². The zero-order chi connectivity index (χ0) is 20.6. The summed E-state index contributed by atoms with van der Waals surface area (Å²) in [5.74, 6) is 0.567. The fourth-order valence-electron chi connectivity index (χ4n) is 4.20. The number of hydrogen-bond donors (Lipinski definition) is 0. The van der Waals surface area contributed by atoms with Crippen molar-refractivity contribution in [3.05, 3.63) is 59.4 Å². The number of carbonyl (C=O) groups excluding carboxylic acids is 1. The molecule has 0 bridgehead atoms. The van der Waals surface area contributed by atoms with Crippen molar-refractivity contribution in [2.24, 2.45) is 10.9 Å². The Labute approximate surface area is 173 Å². The average Bonchev–Trinajstić information content (AvgIpc) is 2.75. The number of unbranched alkanes of at least 4 members (excludes halogenated alkanes) is 2. The van der Waals surface area contributed by atoms with E-state index in [9.17, 15) is 9.18 Å². The number of ether oxygens (including phenoxy) is 1. The van der Waals surface area contributed by atoms with Gasteiger partial charge in [0, 0.05) is 6.07 Å². The summed E-state index contributed by atoms with van der Waals surface area (Å²) in [5.41, 5.74) is 1.89. The number of esters is 1. The fourth-order valence-corrected chi connectivity index (χ4v) is 4.20. The molecule has 0 aliphatic heterocycles. The van der Waals surface area contributed by atoms with E-state index in [-0.39, 0.29) is 11.4 Å². The maximum Gasteiger partial charge on any atom is 0.343 e. The highest BCUT2D eigenvalue weighted by Crippen LogP contribution is 2.37. The Morgan fingerprint density at radius 2 is 1.83 bits per heavy atom. The first-order valence-electron chi connectivity index (χ1n) is 10.7. The highest BCUT2D eigenvalue weighted by atomic mass is 19.1. The number of halogens is 1. The Morgan fingerprint density at radius 3 is 2.45 bits per heavy atom. The van der Waals surface area contributed by atoms with Crippen molar-refractivity contribution in [3.8, 4) is 5.75 Å². The van der Waals surface area contributed by atoms with E-state index in [1.165, 1.54) is 69.1 Å². The first-order valence-corrected chi connectivity index (χ1v) is 10.7. The Bertz CT molecular complexity index is 823. The van der Waals surface area contributed by atoms with E-state index in [2.05, 4.69) is 18.6 Å². The van der Waals surface area contributed by atoms with Gasteiger partial charge in [-0.15, -0.1) is 0 Å². The molecule has 0 radical (unpaired) electrons. The van der Waals surface area contributed by atoms with Gasteiger partial charge in [-0.1, -0.05) is 44.7 Å². The Balaban J connectivity index is 1.54. The molecule has 29 heavy (non-hydrogen) atoms. The van der Waals surface area contributed by atoms with Crippen LogP contribution >= 0.6 is 0 Å². The van der Waals surface area contributed by atoms with Gasteiger partial charge in [-0.3, -0.25) is 4.99 Å². The molecule has 2 aromatic rings. The molecule has 0 unspecified atom stereocenters. The molecule has 1 aliphatic rings. The van der Waals surface area contributed by atoms with E-state index < -0.39 is 11.8 Å². The molecule has 1 saturated carbocycles. The van der Waals surface area contributed by atoms with Crippen LogP contribution in [0.5, 0.6) is 5.75 Å². The van der Waals surface area contributed by atoms with Gasteiger partial charge in [0.25, 0.3) is 0 Å². The molecule has 1 aliphatic carbocycles. The first-order chi connectivity index (χ1) is 14.1. The third-order valence-corrected chi connectivity index (χ3v) is 5.98. The van der Waals surface area contributed by atoms with Crippen LogP contribution in [0.4, 0.5) is 10.1 Å². The molecule has 0 amide bonds.